The zero-order chi connectivity index (χ0) is 12.4. The van der Waals surface area contributed by atoms with Crippen LogP contribution in [0.15, 0.2) is 4.52 Å². The number of rotatable bonds is 4. The van der Waals surface area contributed by atoms with Crippen LogP contribution in [0.1, 0.15) is 50.7 Å². The van der Waals surface area contributed by atoms with Gasteiger partial charge in [0.1, 0.15) is 4.88 Å². The van der Waals surface area contributed by atoms with Gasteiger partial charge in [-0.3, -0.25) is 0 Å². The Morgan fingerprint density at radius 1 is 1.41 bits per heavy atom. The summed E-state index contributed by atoms with van der Waals surface area (Å²) in [6, 6.07) is -0.184. The van der Waals surface area contributed by atoms with E-state index in [0.717, 1.165) is 17.0 Å². The van der Waals surface area contributed by atoms with Gasteiger partial charge < -0.3 is 10.3 Å². The monoisotopic (exact) mass is 253 g/mol. The molecule has 6 nitrogen and oxygen atoms in total. The van der Waals surface area contributed by atoms with Crippen LogP contribution in [0.25, 0.3) is 10.8 Å². The van der Waals surface area contributed by atoms with Gasteiger partial charge in [0.05, 0.1) is 11.7 Å². The largest absolute Gasteiger partial charge is 0.333 e. The van der Waals surface area contributed by atoms with Gasteiger partial charge >= 0.3 is 0 Å². The molecule has 2 aromatic rings. The van der Waals surface area contributed by atoms with E-state index in [2.05, 4.69) is 33.6 Å². The first-order chi connectivity index (χ1) is 8.13. The van der Waals surface area contributed by atoms with Crippen molar-refractivity contribution in [3.8, 4) is 10.8 Å². The fourth-order valence-electron chi connectivity index (χ4n) is 1.38. The molecule has 0 fully saturated rings. The molecule has 7 heteroatoms. The number of aromatic nitrogens is 4. The van der Waals surface area contributed by atoms with E-state index in [4.69, 9.17) is 10.3 Å². The van der Waals surface area contributed by atoms with E-state index in [-0.39, 0.29) is 12.0 Å². The molecule has 0 saturated heterocycles. The molecule has 2 aromatic heterocycles. The molecule has 92 valence electrons. The Morgan fingerprint density at radius 3 is 2.82 bits per heavy atom. The van der Waals surface area contributed by atoms with Crippen LogP contribution in [0.4, 0.5) is 0 Å². The third kappa shape index (κ3) is 2.34. The van der Waals surface area contributed by atoms with E-state index in [1.807, 2.05) is 6.92 Å². The van der Waals surface area contributed by atoms with Crippen LogP contribution in [0, 0.1) is 0 Å². The summed E-state index contributed by atoms with van der Waals surface area (Å²) in [5, 5.41) is 7.96. The van der Waals surface area contributed by atoms with Crippen molar-refractivity contribution in [3.05, 3.63) is 11.5 Å². The Bertz CT molecular complexity index is 492. The lowest BCUT2D eigenvalue weighted by Gasteiger charge is -2.00. The first kappa shape index (κ1) is 12.1. The molecule has 0 aromatic carbocycles. The van der Waals surface area contributed by atoms with Gasteiger partial charge in [0.15, 0.2) is 5.82 Å². The standard InChI is InChI=1S/C10H15N5OS/c1-4-6(11)9-12-10(16-14-9)8-7(5(2)3)13-15-17-8/h5-6H,4,11H2,1-3H3. The maximum atomic E-state index is 5.85. The highest BCUT2D eigenvalue weighted by molar-refractivity contribution is 7.09. The van der Waals surface area contributed by atoms with Crippen LogP contribution in [-0.4, -0.2) is 19.7 Å². The number of nitrogens with zero attached hydrogens (tertiary/aromatic N) is 4. The Hall–Kier alpha value is -1.34. The second-order valence-corrected chi connectivity index (χ2v) is 4.87. The third-order valence-electron chi connectivity index (χ3n) is 2.47. The maximum Gasteiger partial charge on any atom is 0.271 e. The molecule has 0 saturated carbocycles. The summed E-state index contributed by atoms with van der Waals surface area (Å²) >= 11 is 1.27. The lowest BCUT2D eigenvalue weighted by molar-refractivity contribution is 0.415. The van der Waals surface area contributed by atoms with Crippen molar-refractivity contribution in [3.63, 3.8) is 0 Å². The second-order valence-electron chi connectivity index (χ2n) is 4.11. The van der Waals surface area contributed by atoms with Crippen molar-refractivity contribution >= 4 is 11.5 Å². The molecule has 0 amide bonds. The van der Waals surface area contributed by atoms with Gasteiger partial charge in [-0.1, -0.05) is 30.4 Å². The van der Waals surface area contributed by atoms with E-state index in [9.17, 15) is 0 Å². The van der Waals surface area contributed by atoms with Gasteiger partial charge in [0.25, 0.3) is 5.89 Å². The van der Waals surface area contributed by atoms with Crippen LogP contribution in [-0.2, 0) is 0 Å². The molecule has 1 unspecified atom stereocenters. The highest BCUT2D eigenvalue weighted by Crippen LogP contribution is 2.29. The first-order valence-corrected chi connectivity index (χ1v) is 6.32. The SMILES string of the molecule is CCC(N)c1noc(-c2snnc2C(C)C)n1. The summed E-state index contributed by atoms with van der Waals surface area (Å²) in [5.74, 6) is 1.27. The third-order valence-corrected chi connectivity index (χ3v) is 3.20. The zero-order valence-electron chi connectivity index (χ0n) is 10.0. The van der Waals surface area contributed by atoms with E-state index in [1.165, 1.54) is 11.5 Å². The molecule has 2 heterocycles. The lowest BCUT2D eigenvalue weighted by Crippen LogP contribution is -2.10. The van der Waals surface area contributed by atoms with Crippen LogP contribution >= 0.6 is 11.5 Å². The smallest absolute Gasteiger partial charge is 0.271 e. The van der Waals surface area contributed by atoms with Gasteiger partial charge in [0, 0.05) is 0 Å². The number of hydrogen-bond acceptors (Lipinski definition) is 7. The van der Waals surface area contributed by atoms with Gasteiger partial charge in [0.2, 0.25) is 0 Å². The van der Waals surface area contributed by atoms with Crippen molar-refractivity contribution in [1.82, 2.24) is 19.7 Å². The molecule has 2 rings (SSSR count). The van der Waals surface area contributed by atoms with Crippen LogP contribution in [0.3, 0.4) is 0 Å². The van der Waals surface area contributed by atoms with E-state index >= 15 is 0 Å². The summed E-state index contributed by atoms with van der Waals surface area (Å²) in [4.78, 5) is 5.13. The molecule has 0 aliphatic rings. The minimum atomic E-state index is -0.184. The van der Waals surface area contributed by atoms with Gasteiger partial charge in [-0.25, -0.2) is 0 Å². The Morgan fingerprint density at radius 2 is 2.18 bits per heavy atom. The topological polar surface area (TPSA) is 90.7 Å². The lowest BCUT2D eigenvalue weighted by atomic mass is 10.1. The van der Waals surface area contributed by atoms with Gasteiger partial charge in [-0.2, -0.15) is 4.98 Å². The van der Waals surface area contributed by atoms with E-state index in [0.29, 0.717) is 11.7 Å². The van der Waals surface area contributed by atoms with Crippen molar-refractivity contribution in [2.45, 2.75) is 39.2 Å². The van der Waals surface area contributed by atoms with E-state index < -0.39 is 0 Å². The fourth-order valence-corrected chi connectivity index (χ4v) is 2.13. The predicted molar refractivity (Wildman–Crippen MR) is 64.5 cm³/mol. The Balaban J connectivity index is 2.34. The molecular weight excluding hydrogens is 238 g/mol. The van der Waals surface area contributed by atoms with Gasteiger partial charge in [-0.05, 0) is 23.9 Å². The molecule has 0 radical (unpaired) electrons. The maximum absolute atomic E-state index is 5.85. The normalized spacial score (nSPS) is 13.2. The van der Waals surface area contributed by atoms with Crippen molar-refractivity contribution < 1.29 is 4.52 Å². The fraction of sp³-hybridized carbons (Fsp3) is 0.600. The molecule has 2 N–H and O–H groups in total. The van der Waals surface area contributed by atoms with Crippen LogP contribution < -0.4 is 5.73 Å². The van der Waals surface area contributed by atoms with Crippen LogP contribution in [0.5, 0.6) is 0 Å². The van der Waals surface area contributed by atoms with Crippen molar-refractivity contribution in [1.29, 1.82) is 0 Å². The minimum absolute atomic E-state index is 0.184. The quantitative estimate of drug-likeness (QED) is 0.897. The average molecular weight is 253 g/mol. The molecule has 17 heavy (non-hydrogen) atoms. The van der Waals surface area contributed by atoms with Gasteiger partial charge in [-0.15, -0.1) is 5.10 Å². The van der Waals surface area contributed by atoms with Crippen molar-refractivity contribution in [2.24, 2.45) is 5.73 Å². The summed E-state index contributed by atoms with van der Waals surface area (Å²) in [7, 11) is 0. The van der Waals surface area contributed by atoms with Crippen molar-refractivity contribution in [2.75, 3.05) is 0 Å². The van der Waals surface area contributed by atoms with Crippen LogP contribution in [0.2, 0.25) is 0 Å². The highest BCUT2D eigenvalue weighted by atomic mass is 32.1. The average Bonchev–Trinajstić information content (AvgIpc) is 2.95. The van der Waals surface area contributed by atoms with E-state index in [1.54, 1.807) is 0 Å². The molecule has 0 spiro atoms. The minimum Gasteiger partial charge on any atom is -0.333 e. The molecule has 0 aliphatic carbocycles. The molecule has 1 atom stereocenters. The first-order valence-electron chi connectivity index (χ1n) is 5.55. The summed E-state index contributed by atoms with van der Waals surface area (Å²) in [6.45, 7) is 6.08. The number of nitrogens with two attached hydrogens (primary N) is 1. The zero-order valence-corrected chi connectivity index (χ0v) is 10.9. The highest BCUT2D eigenvalue weighted by Gasteiger charge is 2.20. The molecular formula is C10H15N5OS. The predicted octanol–water partition coefficient (Wildman–Crippen LogP) is 2.12. The Labute approximate surface area is 103 Å². The molecule has 0 aliphatic heterocycles. The summed E-state index contributed by atoms with van der Waals surface area (Å²) in [5.41, 5.74) is 6.73. The summed E-state index contributed by atoms with van der Waals surface area (Å²) in [6.07, 6.45) is 0.775. The number of hydrogen-bond donors (Lipinski definition) is 1. The molecule has 0 bridgehead atoms. The summed E-state index contributed by atoms with van der Waals surface area (Å²) < 4.78 is 9.14. The second kappa shape index (κ2) is 4.89. The Kier molecular flexibility index (Phi) is 3.49.